The average molecular weight is 554 g/mol. The third-order valence-corrected chi connectivity index (χ3v) is 8.23. The van der Waals surface area contributed by atoms with Crippen molar-refractivity contribution < 1.29 is 27.5 Å². The van der Waals surface area contributed by atoms with E-state index >= 15 is 0 Å². The molecule has 3 aromatic carbocycles. The van der Waals surface area contributed by atoms with E-state index in [2.05, 4.69) is 5.32 Å². The summed E-state index contributed by atoms with van der Waals surface area (Å²) in [6.07, 6.45) is 0.495. The highest BCUT2D eigenvalue weighted by Crippen LogP contribution is 2.34. The van der Waals surface area contributed by atoms with Crippen molar-refractivity contribution in [2.75, 3.05) is 38.7 Å². The first-order valence-corrected chi connectivity index (χ1v) is 13.9. The molecule has 9 nitrogen and oxygen atoms in total. The number of nitrogens with one attached hydrogen (secondary N) is 1. The number of carbonyl (C=O) groups excluding carboxylic acids is 2. The molecule has 0 unspecified atom stereocenters. The Kier molecular flexibility index (Phi) is 9.95. The van der Waals surface area contributed by atoms with E-state index in [1.807, 2.05) is 37.3 Å². The van der Waals surface area contributed by atoms with Crippen molar-refractivity contribution in [1.29, 1.82) is 0 Å². The van der Waals surface area contributed by atoms with Crippen LogP contribution < -0.4 is 19.1 Å². The van der Waals surface area contributed by atoms with Crippen LogP contribution in [0.1, 0.15) is 18.1 Å². The molecule has 0 saturated heterocycles. The molecule has 3 rings (SSSR count). The maximum absolute atomic E-state index is 13.9. The monoisotopic (exact) mass is 553 g/mol. The lowest BCUT2D eigenvalue weighted by atomic mass is 10.1. The molecular weight excluding hydrogens is 518 g/mol. The van der Waals surface area contributed by atoms with Gasteiger partial charge in [-0.05, 0) is 50.1 Å². The second-order valence-electron chi connectivity index (χ2n) is 8.98. The lowest BCUT2D eigenvalue weighted by molar-refractivity contribution is -0.138. The number of nitrogens with zero attached hydrogens (tertiary/aromatic N) is 2. The number of methoxy groups -OCH3 is 2. The van der Waals surface area contributed by atoms with E-state index in [9.17, 15) is 18.0 Å². The Bertz CT molecular complexity index is 1380. The number of ether oxygens (including phenoxy) is 2. The van der Waals surface area contributed by atoms with Crippen molar-refractivity contribution in [3.63, 3.8) is 0 Å². The van der Waals surface area contributed by atoms with Gasteiger partial charge in [-0.2, -0.15) is 0 Å². The lowest BCUT2D eigenvalue weighted by Crippen LogP contribution is -2.51. The Morgan fingerprint density at radius 3 is 2.15 bits per heavy atom. The molecule has 0 aliphatic rings. The van der Waals surface area contributed by atoms with Crippen LogP contribution in [0.2, 0.25) is 0 Å². The van der Waals surface area contributed by atoms with Gasteiger partial charge in [0.25, 0.3) is 10.0 Å². The van der Waals surface area contributed by atoms with Crippen LogP contribution in [0.4, 0.5) is 5.69 Å². The highest BCUT2D eigenvalue weighted by Gasteiger charge is 2.32. The van der Waals surface area contributed by atoms with Crippen LogP contribution in [0.3, 0.4) is 0 Å². The molecule has 0 saturated carbocycles. The lowest BCUT2D eigenvalue weighted by Gasteiger charge is -2.32. The maximum atomic E-state index is 13.9. The predicted molar refractivity (Wildman–Crippen MR) is 151 cm³/mol. The first-order valence-electron chi connectivity index (χ1n) is 12.5. The number of benzene rings is 3. The van der Waals surface area contributed by atoms with E-state index in [0.29, 0.717) is 17.9 Å². The van der Waals surface area contributed by atoms with Gasteiger partial charge in [-0.15, -0.1) is 0 Å². The van der Waals surface area contributed by atoms with Crippen molar-refractivity contribution in [2.45, 2.75) is 31.2 Å². The van der Waals surface area contributed by atoms with Crippen LogP contribution >= 0.6 is 0 Å². The Balaban J connectivity index is 2.03. The first kappa shape index (κ1) is 29.5. The maximum Gasteiger partial charge on any atom is 0.264 e. The Morgan fingerprint density at radius 1 is 0.923 bits per heavy atom. The number of carbonyl (C=O) groups is 2. The molecule has 0 aromatic heterocycles. The zero-order valence-corrected chi connectivity index (χ0v) is 23.7. The molecule has 3 aromatic rings. The van der Waals surface area contributed by atoms with Gasteiger partial charge >= 0.3 is 0 Å². The summed E-state index contributed by atoms with van der Waals surface area (Å²) in [5.74, 6) is -0.146. The number of anilines is 1. The number of amides is 2. The fourth-order valence-electron chi connectivity index (χ4n) is 4.13. The minimum absolute atomic E-state index is 0.0332. The third kappa shape index (κ3) is 7.08. The molecule has 10 heteroatoms. The summed E-state index contributed by atoms with van der Waals surface area (Å²) < 4.78 is 39.5. The van der Waals surface area contributed by atoms with Gasteiger partial charge in [0, 0.05) is 19.7 Å². The molecule has 0 radical (unpaired) electrons. The number of sulfonamides is 1. The second kappa shape index (κ2) is 13.1. The minimum Gasteiger partial charge on any atom is -0.493 e. The molecule has 39 heavy (non-hydrogen) atoms. The molecule has 2 amide bonds. The minimum atomic E-state index is -4.17. The Morgan fingerprint density at radius 2 is 1.56 bits per heavy atom. The predicted octanol–water partition coefficient (Wildman–Crippen LogP) is 3.41. The molecular formula is C29H35N3O6S. The number of hydrogen-bond donors (Lipinski definition) is 1. The third-order valence-electron chi connectivity index (χ3n) is 6.44. The quantitative estimate of drug-likeness (QED) is 0.369. The molecule has 0 aliphatic carbocycles. The van der Waals surface area contributed by atoms with Crippen molar-refractivity contribution in [3.8, 4) is 11.5 Å². The number of likely N-dealkylation sites (N-methyl/N-ethyl adjacent to an activating group) is 1. The summed E-state index contributed by atoms with van der Waals surface area (Å²) in [7, 11) is 0.248. The number of hydrogen-bond acceptors (Lipinski definition) is 6. The zero-order valence-electron chi connectivity index (χ0n) is 22.9. The summed E-state index contributed by atoms with van der Waals surface area (Å²) >= 11 is 0. The first-order chi connectivity index (χ1) is 18.6. The van der Waals surface area contributed by atoms with E-state index in [4.69, 9.17) is 9.47 Å². The fraction of sp³-hybridized carbons (Fsp3) is 0.310. The van der Waals surface area contributed by atoms with Crippen LogP contribution in [-0.4, -0.2) is 65.5 Å². The smallest absolute Gasteiger partial charge is 0.264 e. The molecule has 0 bridgehead atoms. The van der Waals surface area contributed by atoms with Gasteiger partial charge in [0.1, 0.15) is 12.6 Å². The summed E-state index contributed by atoms with van der Waals surface area (Å²) in [5, 5.41) is 2.58. The summed E-state index contributed by atoms with van der Waals surface area (Å²) in [6, 6.07) is 19.8. The number of rotatable bonds is 12. The van der Waals surface area contributed by atoms with Crippen molar-refractivity contribution in [1.82, 2.24) is 10.2 Å². The van der Waals surface area contributed by atoms with E-state index < -0.39 is 28.5 Å². The summed E-state index contributed by atoms with van der Waals surface area (Å²) in [4.78, 5) is 27.8. The van der Waals surface area contributed by atoms with Gasteiger partial charge < -0.3 is 19.7 Å². The largest absolute Gasteiger partial charge is 0.493 e. The second-order valence-corrected chi connectivity index (χ2v) is 10.8. The Hall–Kier alpha value is -4.05. The number of aryl methyl sites for hydroxylation is 1. The molecule has 208 valence electrons. The highest BCUT2D eigenvalue weighted by molar-refractivity contribution is 7.92. The van der Waals surface area contributed by atoms with Crippen LogP contribution in [0.15, 0.2) is 77.7 Å². The molecule has 0 fully saturated rings. The van der Waals surface area contributed by atoms with Crippen molar-refractivity contribution in [3.05, 3.63) is 83.9 Å². The summed E-state index contributed by atoms with van der Waals surface area (Å²) in [5.41, 5.74) is 2.11. The van der Waals surface area contributed by atoms with Gasteiger partial charge in [-0.25, -0.2) is 8.42 Å². The van der Waals surface area contributed by atoms with E-state index in [1.165, 1.54) is 44.4 Å². The molecule has 0 aliphatic heterocycles. The van der Waals surface area contributed by atoms with Crippen LogP contribution in [-0.2, 0) is 26.0 Å². The van der Waals surface area contributed by atoms with Gasteiger partial charge in [0.2, 0.25) is 11.8 Å². The van der Waals surface area contributed by atoms with Crippen LogP contribution in [0.25, 0.3) is 0 Å². The SMILES string of the molecule is CNC(=O)[C@@H](C)N(CCc1ccccc1)C(=O)CN(c1ccc(OC)c(OC)c1)S(=O)(=O)c1ccc(C)cc1. The van der Waals surface area contributed by atoms with Crippen LogP contribution in [0, 0.1) is 6.92 Å². The molecule has 1 atom stereocenters. The van der Waals surface area contributed by atoms with Crippen molar-refractivity contribution in [2.24, 2.45) is 0 Å². The molecule has 1 N–H and O–H groups in total. The average Bonchev–Trinajstić information content (AvgIpc) is 2.95. The van der Waals surface area contributed by atoms with Crippen molar-refractivity contribution >= 4 is 27.5 Å². The van der Waals surface area contributed by atoms with Crippen LogP contribution in [0.5, 0.6) is 11.5 Å². The van der Waals surface area contributed by atoms with Gasteiger partial charge in [0.05, 0.1) is 24.8 Å². The van der Waals surface area contributed by atoms with E-state index in [1.54, 1.807) is 31.2 Å². The standard InChI is InChI=1S/C29H35N3O6S/c1-21-11-14-25(15-12-21)39(35,36)32(24-13-16-26(37-4)27(19-24)38-5)20-28(33)31(22(2)29(34)30-3)18-17-23-9-7-6-8-10-23/h6-16,19,22H,17-18,20H2,1-5H3,(H,30,34)/t22-/m1/s1. The Labute approximate surface area is 230 Å². The van der Waals surface area contributed by atoms with Gasteiger partial charge in [-0.1, -0.05) is 48.0 Å². The van der Waals surface area contributed by atoms with Gasteiger partial charge in [-0.3, -0.25) is 13.9 Å². The van der Waals surface area contributed by atoms with Gasteiger partial charge in [0.15, 0.2) is 11.5 Å². The fourth-order valence-corrected chi connectivity index (χ4v) is 5.53. The normalized spacial score (nSPS) is 11.8. The van der Waals surface area contributed by atoms with E-state index in [0.717, 1.165) is 15.4 Å². The molecule has 0 heterocycles. The topological polar surface area (TPSA) is 105 Å². The van der Waals surface area contributed by atoms with E-state index in [-0.39, 0.29) is 23.0 Å². The highest BCUT2D eigenvalue weighted by atomic mass is 32.2. The zero-order chi connectivity index (χ0) is 28.6. The molecule has 0 spiro atoms. The summed E-state index contributed by atoms with van der Waals surface area (Å²) in [6.45, 7) is 3.18.